The Morgan fingerprint density at radius 1 is 1.30 bits per heavy atom. The van der Waals surface area contributed by atoms with Crippen LogP contribution in [0.2, 0.25) is 0 Å². The van der Waals surface area contributed by atoms with Crippen molar-refractivity contribution in [2.75, 3.05) is 0 Å². The first-order valence-corrected chi connectivity index (χ1v) is 6.85. The predicted molar refractivity (Wildman–Crippen MR) is 68.8 cm³/mol. The molecule has 1 aliphatic carbocycles. The van der Waals surface area contributed by atoms with E-state index in [1.54, 1.807) is 6.92 Å². The van der Waals surface area contributed by atoms with Crippen LogP contribution in [0.5, 0.6) is 0 Å². The number of nitrogens with zero attached hydrogens (tertiary/aromatic N) is 4. The molecule has 1 aliphatic rings. The maximum absolute atomic E-state index is 9.06. The van der Waals surface area contributed by atoms with Crippen molar-refractivity contribution in [3.8, 4) is 6.07 Å². The third kappa shape index (κ3) is 2.31. The van der Waals surface area contributed by atoms with Gasteiger partial charge in [0.05, 0.1) is 6.42 Å². The molecule has 0 N–H and O–H groups in total. The minimum atomic E-state index is 0.343. The molecule has 6 heteroatoms. The van der Waals surface area contributed by atoms with Crippen molar-refractivity contribution in [2.45, 2.75) is 45.4 Å². The van der Waals surface area contributed by atoms with Crippen molar-refractivity contribution in [2.24, 2.45) is 5.92 Å². The molecule has 0 aromatic carbocycles. The lowest BCUT2D eigenvalue weighted by Crippen LogP contribution is -1.97. The van der Waals surface area contributed by atoms with Gasteiger partial charge < -0.3 is 9.05 Å². The molecule has 2 aromatic rings. The fourth-order valence-corrected chi connectivity index (χ4v) is 2.77. The quantitative estimate of drug-likeness (QED) is 0.853. The van der Waals surface area contributed by atoms with Crippen LogP contribution in [0.3, 0.4) is 0 Å². The molecule has 1 saturated carbocycles. The highest BCUT2D eigenvalue weighted by molar-refractivity contribution is 5.36. The number of rotatable bonds is 3. The molecule has 2 atom stereocenters. The van der Waals surface area contributed by atoms with Gasteiger partial charge in [-0.05, 0) is 32.1 Å². The second kappa shape index (κ2) is 5.08. The molecule has 2 aromatic heterocycles. The fourth-order valence-electron chi connectivity index (χ4n) is 2.77. The van der Waals surface area contributed by atoms with Crippen molar-refractivity contribution < 1.29 is 9.05 Å². The summed E-state index contributed by atoms with van der Waals surface area (Å²) in [5.74, 6) is 2.92. The Morgan fingerprint density at radius 2 is 2.15 bits per heavy atom. The van der Waals surface area contributed by atoms with Crippen LogP contribution in [-0.2, 0) is 6.42 Å². The average Bonchev–Trinajstić information content (AvgIpc) is 3.11. The summed E-state index contributed by atoms with van der Waals surface area (Å²) in [4.78, 5) is 4.44. The van der Waals surface area contributed by atoms with Gasteiger partial charge in [-0.25, -0.2) is 0 Å². The third-order valence-corrected chi connectivity index (χ3v) is 3.91. The smallest absolute Gasteiger partial charge is 0.232 e. The topological polar surface area (TPSA) is 88.7 Å². The molecule has 0 radical (unpaired) electrons. The number of aromatic nitrogens is 3. The maximum Gasteiger partial charge on any atom is 0.232 e. The molecule has 0 bridgehead atoms. The minimum Gasteiger partial charge on any atom is -0.360 e. The molecule has 2 heterocycles. The highest BCUT2D eigenvalue weighted by atomic mass is 16.5. The third-order valence-electron chi connectivity index (χ3n) is 3.91. The van der Waals surface area contributed by atoms with Gasteiger partial charge in [0, 0.05) is 5.92 Å². The summed E-state index contributed by atoms with van der Waals surface area (Å²) in [7, 11) is 0. The molecule has 6 nitrogen and oxygen atoms in total. The SMILES string of the molecule is Cc1onc(Cc2nc(C3CCC(C)C3)no2)c1C#N. The summed E-state index contributed by atoms with van der Waals surface area (Å²) in [5, 5.41) is 17.0. The molecule has 0 amide bonds. The monoisotopic (exact) mass is 272 g/mol. The highest BCUT2D eigenvalue weighted by Crippen LogP contribution is 2.36. The van der Waals surface area contributed by atoms with E-state index in [1.807, 2.05) is 0 Å². The van der Waals surface area contributed by atoms with E-state index < -0.39 is 0 Å². The summed E-state index contributed by atoms with van der Waals surface area (Å²) in [6.45, 7) is 3.96. The van der Waals surface area contributed by atoms with Crippen molar-refractivity contribution in [3.05, 3.63) is 28.7 Å². The van der Waals surface area contributed by atoms with Gasteiger partial charge in [-0.1, -0.05) is 17.2 Å². The van der Waals surface area contributed by atoms with Crippen LogP contribution in [0.4, 0.5) is 0 Å². The van der Waals surface area contributed by atoms with Crippen molar-refractivity contribution in [1.29, 1.82) is 5.26 Å². The van der Waals surface area contributed by atoms with E-state index in [2.05, 4.69) is 28.3 Å². The number of hydrogen-bond acceptors (Lipinski definition) is 6. The van der Waals surface area contributed by atoms with Crippen LogP contribution >= 0.6 is 0 Å². The van der Waals surface area contributed by atoms with Crippen molar-refractivity contribution in [3.63, 3.8) is 0 Å². The van der Waals surface area contributed by atoms with Gasteiger partial charge in [-0.3, -0.25) is 0 Å². The number of hydrogen-bond donors (Lipinski definition) is 0. The molecule has 104 valence electrons. The normalized spacial score (nSPS) is 22.1. The Bertz CT molecular complexity index is 652. The Hall–Kier alpha value is -2.16. The highest BCUT2D eigenvalue weighted by Gasteiger charge is 2.27. The van der Waals surface area contributed by atoms with Crippen LogP contribution < -0.4 is 0 Å². The van der Waals surface area contributed by atoms with Crippen molar-refractivity contribution >= 4 is 0 Å². The zero-order valence-electron chi connectivity index (χ0n) is 11.6. The molecular weight excluding hydrogens is 256 g/mol. The summed E-state index contributed by atoms with van der Waals surface area (Å²) in [5.41, 5.74) is 1.01. The Labute approximate surface area is 116 Å². The zero-order valence-corrected chi connectivity index (χ0v) is 11.6. The molecule has 0 spiro atoms. The predicted octanol–water partition coefficient (Wildman–Crippen LogP) is 2.73. The lowest BCUT2D eigenvalue weighted by Gasteiger charge is -2.01. The van der Waals surface area contributed by atoms with E-state index in [-0.39, 0.29) is 0 Å². The molecule has 0 saturated heterocycles. The van der Waals surface area contributed by atoms with Crippen LogP contribution in [0.1, 0.15) is 60.8 Å². The second-order valence-electron chi connectivity index (χ2n) is 5.51. The fraction of sp³-hybridized carbons (Fsp3) is 0.571. The van der Waals surface area contributed by atoms with Gasteiger partial charge >= 0.3 is 0 Å². The van der Waals surface area contributed by atoms with Crippen LogP contribution in [-0.4, -0.2) is 15.3 Å². The molecule has 3 rings (SSSR count). The lowest BCUT2D eigenvalue weighted by atomic mass is 10.1. The Morgan fingerprint density at radius 3 is 2.85 bits per heavy atom. The standard InChI is InChI=1S/C14H16N4O2/c1-8-3-4-10(5-8)14-16-13(20-18-14)6-12-11(7-15)9(2)19-17-12/h8,10H,3-6H2,1-2H3. The molecule has 1 fully saturated rings. The average molecular weight is 272 g/mol. The number of nitriles is 1. The second-order valence-corrected chi connectivity index (χ2v) is 5.51. The zero-order chi connectivity index (χ0) is 14.1. The van der Waals surface area contributed by atoms with Gasteiger partial charge in [-0.2, -0.15) is 10.2 Å². The molecular formula is C14H16N4O2. The van der Waals surface area contributed by atoms with Gasteiger partial charge in [0.25, 0.3) is 0 Å². The van der Waals surface area contributed by atoms with E-state index in [9.17, 15) is 0 Å². The van der Waals surface area contributed by atoms with E-state index in [1.165, 1.54) is 6.42 Å². The van der Waals surface area contributed by atoms with Crippen LogP contribution in [0.25, 0.3) is 0 Å². The molecule has 0 aliphatic heterocycles. The Balaban J connectivity index is 1.76. The summed E-state index contributed by atoms with van der Waals surface area (Å²) in [6, 6.07) is 2.09. The molecule has 2 unspecified atom stereocenters. The number of aryl methyl sites for hydroxylation is 1. The van der Waals surface area contributed by atoms with Crippen LogP contribution in [0.15, 0.2) is 9.05 Å². The maximum atomic E-state index is 9.06. The first kappa shape index (κ1) is 12.9. The van der Waals surface area contributed by atoms with Crippen LogP contribution in [0, 0.1) is 24.2 Å². The van der Waals surface area contributed by atoms with Gasteiger partial charge in [0.2, 0.25) is 5.89 Å². The van der Waals surface area contributed by atoms with Gasteiger partial charge in [0.15, 0.2) is 11.6 Å². The first-order chi connectivity index (χ1) is 9.67. The Kier molecular flexibility index (Phi) is 3.26. The van der Waals surface area contributed by atoms with Gasteiger partial charge in [-0.15, -0.1) is 0 Å². The van der Waals surface area contributed by atoms with E-state index in [0.29, 0.717) is 35.2 Å². The first-order valence-electron chi connectivity index (χ1n) is 6.85. The van der Waals surface area contributed by atoms with E-state index in [0.717, 1.165) is 24.6 Å². The lowest BCUT2D eigenvalue weighted by molar-refractivity contribution is 0.365. The summed E-state index contributed by atoms with van der Waals surface area (Å²) in [6.07, 6.45) is 3.79. The summed E-state index contributed by atoms with van der Waals surface area (Å²) >= 11 is 0. The molecule has 20 heavy (non-hydrogen) atoms. The van der Waals surface area contributed by atoms with Crippen molar-refractivity contribution in [1.82, 2.24) is 15.3 Å². The minimum absolute atomic E-state index is 0.343. The van der Waals surface area contributed by atoms with Gasteiger partial charge in [0.1, 0.15) is 17.3 Å². The van der Waals surface area contributed by atoms with E-state index >= 15 is 0 Å². The largest absolute Gasteiger partial charge is 0.360 e. The van der Waals surface area contributed by atoms with E-state index in [4.69, 9.17) is 14.3 Å². The summed E-state index contributed by atoms with van der Waals surface area (Å²) < 4.78 is 10.3.